The number of hydrogen-bond acceptors (Lipinski definition) is 2. The van der Waals surface area contributed by atoms with Crippen LogP contribution in [0.4, 0.5) is 34.1 Å². The minimum absolute atomic E-state index is 0.196. The van der Waals surface area contributed by atoms with Crippen molar-refractivity contribution in [1.29, 1.82) is 0 Å². The zero-order valence-corrected chi connectivity index (χ0v) is 43.1. The van der Waals surface area contributed by atoms with Gasteiger partial charge in [-0.25, -0.2) is 0 Å². The van der Waals surface area contributed by atoms with Gasteiger partial charge < -0.3 is 9.80 Å². The zero-order chi connectivity index (χ0) is 50.5. The van der Waals surface area contributed by atoms with Crippen molar-refractivity contribution in [2.24, 2.45) is 11.8 Å². The normalized spacial score (nSPS) is 18.1. The largest absolute Gasteiger partial charge is 0.310 e. The number of fused-ring (bicyclic) bond motifs is 6. The summed E-state index contributed by atoms with van der Waals surface area (Å²) in [5.74, 6) is 0.919. The molecule has 1 saturated carbocycles. The molecule has 76 heavy (non-hydrogen) atoms. The van der Waals surface area contributed by atoms with E-state index in [-0.39, 0.29) is 10.8 Å². The number of benzene rings is 11. The molecular weight excluding hydrogens is 917 g/mol. The molecule has 0 heterocycles. The van der Waals surface area contributed by atoms with Gasteiger partial charge in [-0.2, -0.15) is 0 Å². The maximum absolute atomic E-state index is 2.65. The maximum atomic E-state index is 2.65. The molecule has 0 bridgehead atoms. The number of rotatable bonds is 9. The average Bonchev–Trinajstić information content (AvgIpc) is 4.19. The first-order chi connectivity index (χ1) is 37.5. The Morgan fingerprint density at radius 3 is 1.54 bits per heavy atom. The van der Waals surface area contributed by atoms with Crippen LogP contribution in [-0.4, -0.2) is 0 Å². The highest BCUT2D eigenvalue weighted by Crippen LogP contribution is 2.69. The van der Waals surface area contributed by atoms with E-state index in [1.807, 2.05) is 0 Å². The summed E-state index contributed by atoms with van der Waals surface area (Å²) in [4.78, 5) is 5.29. The van der Waals surface area contributed by atoms with Crippen LogP contribution in [0.2, 0.25) is 0 Å². The number of para-hydroxylation sites is 2. The van der Waals surface area contributed by atoms with Crippen molar-refractivity contribution in [3.63, 3.8) is 0 Å². The molecule has 0 N–H and O–H groups in total. The molecule has 2 heteroatoms. The van der Waals surface area contributed by atoms with Gasteiger partial charge in [0.15, 0.2) is 0 Å². The van der Waals surface area contributed by atoms with Gasteiger partial charge in [0.25, 0.3) is 0 Å². The standard InChI is InChI=1S/C74H58N2/c1-73(2)64-34-18-17-33-62(64)70-63(51-23-9-4-10-24-51)47-60(48-65(70)73)75(58-28-11-5-12-29-58)67-35-19-26-54-45-56-42-43-57-46-55-27-20-36-68(72(55)74(56,57)71(54)67)76(59-30-13-6-14-31-59)66-44-41-52-25-15-16-32-61(52)69(66)53-39-37-50(38-40-53)49-21-7-3-8-22-49/h3-41,44,47-48,56-57H,42-43,45-46H2,1-2H3. The van der Waals surface area contributed by atoms with E-state index in [1.54, 1.807) is 0 Å². The first kappa shape index (κ1) is 44.7. The van der Waals surface area contributed by atoms with Gasteiger partial charge in [0.1, 0.15) is 0 Å². The molecule has 0 amide bonds. The van der Waals surface area contributed by atoms with Gasteiger partial charge in [0, 0.05) is 33.5 Å². The third-order valence-corrected chi connectivity index (χ3v) is 18.1. The molecule has 2 nitrogen and oxygen atoms in total. The van der Waals surface area contributed by atoms with Crippen molar-refractivity contribution >= 4 is 44.9 Å². The minimum Gasteiger partial charge on any atom is -0.310 e. The molecule has 1 fully saturated rings. The third-order valence-electron chi connectivity index (χ3n) is 18.1. The number of anilines is 6. The molecule has 15 rings (SSSR count). The molecule has 0 saturated heterocycles. The predicted octanol–water partition coefficient (Wildman–Crippen LogP) is 19.5. The lowest BCUT2D eigenvalue weighted by molar-refractivity contribution is 0.350. The van der Waals surface area contributed by atoms with Crippen molar-refractivity contribution in [2.45, 2.75) is 50.4 Å². The van der Waals surface area contributed by atoms with Crippen molar-refractivity contribution < 1.29 is 0 Å². The van der Waals surface area contributed by atoms with Gasteiger partial charge in [-0.05, 0) is 175 Å². The van der Waals surface area contributed by atoms with Crippen molar-refractivity contribution in [3.05, 3.63) is 288 Å². The smallest absolute Gasteiger partial charge is 0.0546 e. The second kappa shape index (κ2) is 17.4. The third kappa shape index (κ3) is 6.66. The Kier molecular flexibility index (Phi) is 10.3. The minimum atomic E-state index is -0.221. The molecule has 3 atom stereocenters. The number of nitrogens with zero attached hydrogens (tertiary/aromatic N) is 2. The lowest BCUT2D eigenvalue weighted by Crippen LogP contribution is -2.34. The lowest BCUT2D eigenvalue weighted by atomic mass is 9.68. The second-order valence-electron chi connectivity index (χ2n) is 22.3. The van der Waals surface area contributed by atoms with E-state index in [2.05, 4.69) is 278 Å². The monoisotopic (exact) mass is 974 g/mol. The first-order valence-corrected chi connectivity index (χ1v) is 27.4. The van der Waals surface area contributed by atoms with Crippen molar-refractivity contribution in [2.75, 3.05) is 9.80 Å². The van der Waals surface area contributed by atoms with Crippen LogP contribution in [0.15, 0.2) is 255 Å². The fourth-order valence-electron chi connectivity index (χ4n) is 15.0. The summed E-state index contributed by atoms with van der Waals surface area (Å²) >= 11 is 0. The molecule has 11 aromatic carbocycles. The van der Waals surface area contributed by atoms with Crippen LogP contribution in [0.5, 0.6) is 0 Å². The Hall–Kier alpha value is -8.72. The zero-order valence-electron chi connectivity index (χ0n) is 43.1. The van der Waals surface area contributed by atoms with Crippen LogP contribution >= 0.6 is 0 Å². The summed E-state index contributed by atoms with van der Waals surface area (Å²) in [6.45, 7) is 4.85. The van der Waals surface area contributed by atoms with Crippen LogP contribution < -0.4 is 9.80 Å². The first-order valence-electron chi connectivity index (χ1n) is 27.4. The fraction of sp³-hybridized carbons (Fsp3) is 0.135. The molecule has 4 aliphatic carbocycles. The van der Waals surface area contributed by atoms with E-state index < -0.39 is 0 Å². The van der Waals surface area contributed by atoms with E-state index in [0.717, 1.165) is 18.5 Å². The summed E-state index contributed by atoms with van der Waals surface area (Å²) in [6, 6.07) is 96.0. The molecule has 0 aliphatic heterocycles. The Morgan fingerprint density at radius 2 is 0.882 bits per heavy atom. The van der Waals surface area contributed by atoms with E-state index in [1.165, 1.54) is 130 Å². The maximum Gasteiger partial charge on any atom is 0.0546 e. The quantitative estimate of drug-likeness (QED) is 0.142. The van der Waals surface area contributed by atoms with Gasteiger partial charge in [-0.15, -0.1) is 0 Å². The molecule has 3 unspecified atom stereocenters. The summed E-state index contributed by atoms with van der Waals surface area (Å²) in [7, 11) is 0. The van der Waals surface area contributed by atoms with E-state index in [9.17, 15) is 0 Å². The Bertz CT molecular complexity index is 4020. The molecule has 4 aliphatic rings. The van der Waals surface area contributed by atoms with Gasteiger partial charge >= 0.3 is 0 Å². The van der Waals surface area contributed by atoms with E-state index >= 15 is 0 Å². The Morgan fingerprint density at radius 1 is 0.355 bits per heavy atom. The van der Waals surface area contributed by atoms with Crippen LogP contribution in [0.1, 0.15) is 60.1 Å². The van der Waals surface area contributed by atoms with Crippen molar-refractivity contribution in [1.82, 2.24) is 0 Å². The number of hydrogen-bond donors (Lipinski definition) is 0. The Balaban J connectivity index is 0.974. The fourth-order valence-corrected chi connectivity index (χ4v) is 15.0. The average molecular weight is 975 g/mol. The summed E-state index contributed by atoms with van der Waals surface area (Å²) in [6.07, 6.45) is 4.55. The van der Waals surface area contributed by atoms with Gasteiger partial charge in [-0.3, -0.25) is 0 Å². The summed E-state index contributed by atoms with van der Waals surface area (Å²) in [5.41, 5.74) is 25.8. The van der Waals surface area contributed by atoms with E-state index in [4.69, 9.17) is 0 Å². The van der Waals surface area contributed by atoms with Crippen LogP contribution in [0.25, 0.3) is 55.3 Å². The highest BCUT2D eigenvalue weighted by Gasteiger charge is 2.62. The molecule has 11 aromatic rings. The van der Waals surface area contributed by atoms with Crippen LogP contribution in [0, 0.1) is 11.8 Å². The summed E-state index contributed by atoms with van der Waals surface area (Å²) < 4.78 is 0. The predicted molar refractivity (Wildman–Crippen MR) is 318 cm³/mol. The lowest BCUT2D eigenvalue weighted by Gasteiger charge is -2.40. The van der Waals surface area contributed by atoms with Gasteiger partial charge in [0.05, 0.1) is 17.1 Å². The van der Waals surface area contributed by atoms with Gasteiger partial charge in [-0.1, -0.05) is 214 Å². The van der Waals surface area contributed by atoms with Crippen LogP contribution in [-0.2, 0) is 23.7 Å². The molecule has 0 radical (unpaired) electrons. The SMILES string of the molecule is CC1(C)c2ccccc2-c2c(-c3ccccc3)cc(N(c3ccccc3)c3cccc4c3C35c6c(cccc6N(c6ccccc6)c6ccc7ccccc7c6-c6ccc(-c7ccccc7)cc6)CC3CCC5C4)cc21. The molecular formula is C74H58N2. The van der Waals surface area contributed by atoms with E-state index in [0.29, 0.717) is 11.8 Å². The van der Waals surface area contributed by atoms with Crippen molar-refractivity contribution in [3.8, 4) is 44.5 Å². The molecule has 0 aromatic heterocycles. The highest BCUT2D eigenvalue weighted by molar-refractivity contribution is 6.06. The summed E-state index contributed by atoms with van der Waals surface area (Å²) in [5, 5.41) is 2.48. The Labute approximate surface area is 447 Å². The van der Waals surface area contributed by atoms with Crippen LogP contribution in [0.3, 0.4) is 0 Å². The molecule has 364 valence electrons. The highest BCUT2D eigenvalue weighted by atomic mass is 15.2. The molecule has 1 spiro atoms. The topological polar surface area (TPSA) is 6.48 Å². The second-order valence-corrected chi connectivity index (χ2v) is 22.3. The van der Waals surface area contributed by atoms with Gasteiger partial charge in [0.2, 0.25) is 0 Å².